The average molecular weight is 1280 g/mol. The molecule has 21 nitrogen and oxygen atoms in total. The molecule has 1 heterocycles. The number of ether oxygens (including phenoxy) is 14. The second-order valence-corrected chi connectivity index (χ2v) is 36.6. The maximum atomic E-state index is 15.9. The predicted octanol–water partition coefficient (Wildman–Crippen LogP) is 12.6. The van der Waals surface area contributed by atoms with Gasteiger partial charge < -0.3 is 66.3 Å². The van der Waals surface area contributed by atoms with E-state index < -0.39 is 106 Å². The van der Waals surface area contributed by atoms with Crippen LogP contribution in [-0.4, -0.2) is 150 Å². The normalized spacial score (nSPS) is 18.3. The van der Waals surface area contributed by atoms with E-state index in [0.29, 0.717) is 29.4 Å². The van der Waals surface area contributed by atoms with E-state index in [1.807, 2.05) is 19.9 Å². The summed E-state index contributed by atoms with van der Waals surface area (Å²) in [5.74, 6) is -8.50. The van der Waals surface area contributed by atoms with Crippen LogP contribution in [0.3, 0.4) is 0 Å². The molecule has 3 rings (SSSR count). The second-order valence-electron chi connectivity index (χ2n) is 25.3. The molecule has 0 aliphatic carbocycles. The molecule has 498 valence electrons. The van der Waals surface area contributed by atoms with E-state index in [4.69, 9.17) is 66.3 Å². The number of nitrogens with one attached hydrogen (secondary N) is 1. The zero-order chi connectivity index (χ0) is 67.3. The van der Waals surface area contributed by atoms with Crippen molar-refractivity contribution in [2.45, 2.75) is 165 Å². The summed E-state index contributed by atoms with van der Waals surface area (Å²) in [6.45, 7) is 39.6. The highest BCUT2D eigenvalue weighted by Gasteiger charge is 2.54. The van der Waals surface area contributed by atoms with Gasteiger partial charge in [0.05, 0.1) is 42.1 Å². The van der Waals surface area contributed by atoms with Gasteiger partial charge in [0, 0.05) is 97.1 Å². The number of Topliss-reactive ketones (excluding diaryl/α,β-unsaturated/α-hetero) is 1. The van der Waals surface area contributed by atoms with Crippen LogP contribution in [0.4, 0.5) is 10.5 Å². The van der Waals surface area contributed by atoms with Crippen LogP contribution in [0.2, 0.25) is 51.4 Å². The van der Waals surface area contributed by atoms with Gasteiger partial charge in [0.2, 0.25) is 0 Å². The number of benzene rings is 2. The van der Waals surface area contributed by atoms with Crippen LogP contribution < -0.4 is 24.3 Å². The summed E-state index contributed by atoms with van der Waals surface area (Å²) >= 11 is 0. The van der Waals surface area contributed by atoms with E-state index in [1.165, 1.54) is 47.3 Å². The molecule has 89 heavy (non-hydrogen) atoms. The zero-order valence-corrected chi connectivity index (χ0v) is 58.6. The fourth-order valence-electron chi connectivity index (χ4n) is 10.4. The monoisotopic (exact) mass is 1280 g/mol. The van der Waals surface area contributed by atoms with Gasteiger partial charge in [-0.15, -0.1) is 0 Å². The van der Waals surface area contributed by atoms with Crippen molar-refractivity contribution in [3.05, 3.63) is 77.5 Å². The standard InChI is InChI=1S/C66H101NO20Si2/c1-24-29-77-59-46(10)58(82-37-75-16)50(49-51(59)62(83-38-76-17)53(43(7)57(49)81-36-74-15)67-65(73)80-32-34-89(21,22)23)54(70)41(5)35-42(6)55(84-47(11)68)44(8)60(85-48(12)69)52(64(72)78-30-25-2)61-45(9)56(86-66(13,14)87-61)39(3)27-26-28-40(4)63(71)79-31-33-88(18,19)20/h24-28,35,39,42,44-45,52,55-56,60-61H,1-2,29-34,36-38H2,3-23H3,(H,67,73)/b27-26-,40-28+,41-35+/t39-,42+,44-,45-,52+,55+,56-,60-,61-/m1/s1. The number of rotatable bonds is 36. The summed E-state index contributed by atoms with van der Waals surface area (Å²) in [5, 5.41) is 3.16. The third-order valence-electron chi connectivity index (χ3n) is 14.8. The third-order valence-corrected chi connectivity index (χ3v) is 18.2. The predicted molar refractivity (Wildman–Crippen MR) is 346 cm³/mol. The Morgan fingerprint density at radius 1 is 0.652 bits per heavy atom. The summed E-state index contributed by atoms with van der Waals surface area (Å²) in [6, 6.07) is 1.54. The topological polar surface area (TPSA) is 244 Å². The minimum atomic E-state index is -1.61. The molecule has 1 saturated heterocycles. The van der Waals surface area contributed by atoms with E-state index in [2.05, 4.69) is 57.8 Å². The number of carbonyl (C=O) groups is 6. The Kier molecular flexibility index (Phi) is 30.5. The van der Waals surface area contributed by atoms with Crippen LogP contribution in [0, 0.1) is 43.4 Å². The number of esters is 4. The molecule has 9 atom stereocenters. The molecule has 23 heteroatoms. The molecule has 0 spiro atoms. The Morgan fingerprint density at radius 2 is 1.17 bits per heavy atom. The number of hydrogen-bond acceptors (Lipinski definition) is 20. The Morgan fingerprint density at radius 3 is 1.71 bits per heavy atom. The van der Waals surface area contributed by atoms with Gasteiger partial charge in [0.25, 0.3) is 0 Å². The molecular weight excluding hydrogens is 1180 g/mol. The Labute approximate surface area is 529 Å². The summed E-state index contributed by atoms with van der Waals surface area (Å²) in [6.07, 6.45) is 4.82. The number of carbonyl (C=O) groups excluding carboxylic acids is 6. The lowest BCUT2D eigenvalue weighted by Gasteiger charge is -2.50. The van der Waals surface area contributed by atoms with Crippen LogP contribution in [-0.2, 0) is 66.5 Å². The lowest BCUT2D eigenvalue weighted by atomic mass is 9.75. The molecule has 1 amide bonds. The minimum Gasteiger partial charge on any atom is -0.488 e. The molecule has 1 aliphatic rings. The van der Waals surface area contributed by atoms with Crippen molar-refractivity contribution in [3.8, 4) is 23.0 Å². The number of hydrogen-bond donors (Lipinski definition) is 1. The molecule has 2 aromatic rings. The molecule has 0 saturated carbocycles. The van der Waals surface area contributed by atoms with Crippen molar-refractivity contribution < 1.29 is 95.1 Å². The van der Waals surface area contributed by atoms with E-state index in [0.717, 1.165) is 6.04 Å². The molecule has 0 radical (unpaired) electrons. The van der Waals surface area contributed by atoms with Crippen LogP contribution in [0.5, 0.6) is 23.0 Å². The molecule has 1 aliphatic heterocycles. The molecule has 0 bridgehead atoms. The summed E-state index contributed by atoms with van der Waals surface area (Å²) in [4.78, 5) is 84.1. The Bertz CT molecular complexity index is 2880. The van der Waals surface area contributed by atoms with Gasteiger partial charge in [0.1, 0.15) is 48.6 Å². The third kappa shape index (κ3) is 22.5. The van der Waals surface area contributed by atoms with Crippen LogP contribution >= 0.6 is 0 Å². The highest BCUT2D eigenvalue weighted by atomic mass is 28.3. The van der Waals surface area contributed by atoms with Crippen molar-refractivity contribution in [2.24, 2.45) is 29.6 Å². The number of fused-ring (bicyclic) bond motifs is 1. The fraction of sp³-hybridized carbons (Fsp3) is 0.606. The van der Waals surface area contributed by atoms with Crippen LogP contribution in [0.15, 0.2) is 60.8 Å². The lowest BCUT2D eigenvalue weighted by Crippen LogP contribution is -2.59. The quantitative estimate of drug-likeness (QED) is 0.00974. The molecule has 1 fully saturated rings. The molecular formula is C66H101NO20Si2. The van der Waals surface area contributed by atoms with Gasteiger partial charge in [0.15, 0.2) is 37.7 Å². The lowest BCUT2D eigenvalue weighted by molar-refractivity contribution is -0.336. The van der Waals surface area contributed by atoms with Gasteiger partial charge in [-0.05, 0) is 59.2 Å². The highest BCUT2D eigenvalue weighted by molar-refractivity contribution is 6.76. The van der Waals surface area contributed by atoms with E-state index >= 15 is 4.79 Å². The maximum Gasteiger partial charge on any atom is 0.411 e. The molecule has 0 unspecified atom stereocenters. The van der Waals surface area contributed by atoms with Crippen molar-refractivity contribution >= 4 is 68.4 Å². The van der Waals surface area contributed by atoms with Gasteiger partial charge in [-0.25, -0.2) is 9.59 Å². The first-order valence-corrected chi connectivity index (χ1v) is 37.5. The van der Waals surface area contributed by atoms with Gasteiger partial charge in [-0.3, -0.25) is 24.5 Å². The molecule has 1 N–H and O–H groups in total. The van der Waals surface area contributed by atoms with E-state index in [1.54, 1.807) is 73.6 Å². The van der Waals surface area contributed by atoms with Gasteiger partial charge in [-0.2, -0.15) is 0 Å². The number of ketones is 1. The highest BCUT2D eigenvalue weighted by Crippen LogP contribution is 2.54. The first-order valence-electron chi connectivity index (χ1n) is 30.0. The van der Waals surface area contributed by atoms with Crippen LogP contribution in [0.1, 0.15) is 90.7 Å². The van der Waals surface area contributed by atoms with Crippen molar-refractivity contribution in [2.75, 3.05) is 73.5 Å². The Hall–Kier alpha value is -6.35. The maximum absolute atomic E-state index is 15.9. The Balaban J connectivity index is 2.40. The molecule has 0 aromatic heterocycles. The average Bonchev–Trinajstić information content (AvgIpc) is 0.743. The smallest absolute Gasteiger partial charge is 0.411 e. The summed E-state index contributed by atoms with van der Waals surface area (Å²) in [7, 11) is 1.23. The van der Waals surface area contributed by atoms with Crippen molar-refractivity contribution in [1.82, 2.24) is 0 Å². The van der Waals surface area contributed by atoms with Crippen molar-refractivity contribution in [1.29, 1.82) is 0 Å². The number of anilines is 1. The first-order chi connectivity index (χ1) is 41.6. The molecule has 2 aromatic carbocycles. The largest absolute Gasteiger partial charge is 0.488 e. The van der Waals surface area contributed by atoms with E-state index in [-0.39, 0.29) is 96.7 Å². The first kappa shape index (κ1) is 76.9. The summed E-state index contributed by atoms with van der Waals surface area (Å²) < 4.78 is 84.5. The van der Waals surface area contributed by atoms with Gasteiger partial charge in [-0.1, -0.05) is 117 Å². The fourth-order valence-corrected chi connectivity index (χ4v) is 11.8. The van der Waals surface area contributed by atoms with E-state index in [9.17, 15) is 24.0 Å². The zero-order valence-electron chi connectivity index (χ0n) is 56.6. The number of amides is 1. The van der Waals surface area contributed by atoms with Gasteiger partial charge >= 0.3 is 30.0 Å². The van der Waals surface area contributed by atoms with Crippen molar-refractivity contribution in [3.63, 3.8) is 0 Å². The van der Waals surface area contributed by atoms with Crippen LogP contribution in [0.25, 0.3) is 10.8 Å². The second kappa shape index (κ2) is 35.3. The number of methoxy groups -OCH3 is 3. The summed E-state index contributed by atoms with van der Waals surface area (Å²) in [5.41, 5.74) is 1.21. The minimum absolute atomic E-state index is 0.0285. The SMILES string of the molecule is C=CCOC(=O)[C@@H]([C@H](OC(C)=O)[C@H](C)[C@@H](OC(C)=O)[C@@H](C)/C=C(\C)C(=O)c1c(OCOC)c(C)c(OCC=C)c2c(OCOC)c(NC(=O)OCC[Si](C)(C)C)c(C)c(OCOC)c12)[C@@H]1OC(C)(C)O[C@H]([C@H](C)/C=C\C=C(/C)C(=O)OCC[Si](C)(C)C)[C@H]1C. The number of allylic oxidation sites excluding steroid dienone is 3.